The molecule has 1 saturated heterocycles. The van der Waals surface area contributed by atoms with Crippen molar-refractivity contribution in [1.82, 2.24) is 4.98 Å². The lowest BCUT2D eigenvalue weighted by molar-refractivity contribution is -0.123. The quantitative estimate of drug-likeness (QED) is 0.108. The zero-order chi connectivity index (χ0) is 32.9. The third-order valence-corrected chi connectivity index (χ3v) is 9.19. The molecule has 4 atom stereocenters. The Balaban J connectivity index is 1.22. The smallest absolute Gasteiger partial charge is 0.238 e. The number of pyridine rings is 1. The maximum atomic E-state index is 14.0. The van der Waals surface area contributed by atoms with Gasteiger partial charge in [-0.15, -0.1) is 0 Å². The van der Waals surface area contributed by atoms with Crippen LogP contribution in [0.3, 0.4) is 0 Å². The van der Waals surface area contributed by atoms with E-state index in [1.807, 2.05) is 73.7 Å². The van der Waals surface area contributed by atoms with Crippen molar-refractivity contribution in [1.29, 1.82) is 0 Å². The summed E-state index contributed by atoms with van der Waals surface area (Å²) in [5, 5.41) is 35.1. The summed E-state index contributed by atoms with van der Waals surface area (Å²) < 4.78 is 5.69. The average molecular weight is 634 g/mol. The van der Waals surface area contributed by atoms with E-state index in [4.69, 9.17) is 4.42 Å². The van der Waals surface area contributed by atoms with E-state index in [1.54, 1.807) is 30.5 Å². The van der Waals surface area contributed by atoms with Crippen molar-refractivity contribution in [2.45, 2.75) is 45.3 Å². The van der Waals surface area contributed by atoms with Gasteiger partial charge in [-0.2, -0.15) is 0 Å². The molecule has 1 aliphatic carbocycles. The molecular weight excluding hydrogens is 594 g/mol. The largest absolute Gasteiger partial charge is 0.459 e. The lowest BCUT2D eigenvalue weighted by Gasteiger charge is -2.36. The van der Waals surface area contributed by atoms with Crippen LogP contribution in [0.25, 0.3) is 11.6 Å². The Morgan fingerprint density at radius 2 is 1.72 bits per heavy atom. The number of furan rings is 1. The summed E-state index contributed by atoms with van der Waals surface area (Å²) in [7, 11) is 0. The van der Waals surface area contributed by atoms with E-state index in [0.29, 0.717) is 48.5 Å². The van der Waals surface area contributed by atoms with Crippen LogP contribution in [0.15, 0.2) is 107 Å². The molecule has 0 spiro atoms. The molecule has 47 heavy (non-hydrogen) atoms. The van der Waals surface area contributed by atoms with Gasteiger partial charge >= 0.3 is 0 Å². The Kier molecular flexibility index (Phi) is 9.77. The predicted octanol–water partition coefficient (Wildman–Crippen LogP) is 6.12. The molecule has 0 bridgehead atoms. The van der Waals surface area contributed by atoms with Gasteiger partial charge < -0.3 is 25.1 Å². The summed E-state index contributed by atoms with van der Waals surface area (Å²) in [6.45, 7) is 1.41. The van der Waals surface area contributed by atoms with Crippen molar-refractivity contribution in [2.75, 3.05) is 16.8 Å². The normalized spacial score (nSPS) is 20.5. The van der Waals surface area contributed by atoms with Gasteiger partial charge in [0.15, 0.2) is 0 Å². The molecule has 0 saturated carbocycles. The number of allylic oxidation sites excluding steroid dienone is 2. The number of imide groups is 1. The minimum absolute atomic E-state index is 0.209. The second-order valence-electron chi connectivity index (χ2n) is 12.0. The highest BCUT2D eigenvalue weighted by Gasteiger charge is 2.55. The summed E-state index contributed by atoms with van der Waals surface area (Å²) in [6.07, 6.45) is 4.29. The number of aliphatic hydroxyl groups is 3. The van der Waals surface area contributed by atoms with Crippen LogP contribution in [0.1, 0.15) is 49.8 Å². The number of aliphatic hydroxyl groups excluding tert-OH is 3. The minimum atomic E-state index is -0.944. The molecule has 1 aliphatic heterocycles. The van der Waals surface area contributed by atoms with Gasteiger partial charge in [-0.1, -0.05) is 36.8 Å². The van der Waals surface area contributed by atoms with Crippen LogP contribution in [0.2, 0.25) is 0 Å². The van der Waals surface area contributed by atoms with Gasteiger partial charge in [0.05, 0.1) is 35.9 Å². The van der Waals surface area contributed by atoms with Crippen molar-refractivity contribution in [3.63, 3.8) is 0 Å². The molecule has 1 fully saturated rings. The van der Waals surface area contributed by atoms with Crippen LogP contribution in [-0.2, 0) is 16.2 Å². The van der Waals surface area contributed by atoms with E-state index in [2.05, 4.69) is 10.3 Å². The van der Waals surface area contributed by atoms with Crippen molar-refractivity contribution in [3.8, 4) is 0 Å². The first-order valence-corrected chi connectivity index (χ1v) is 16.0. The number of hydrogen-bond acceptors (Lipinski definition) is 8. The number of aromatic nitrogens is 1. The number of hydrogen-bond donors (Lipinski definition) is 4. The van der Waals surface area contributed by atoms with Gasteiger partial charge in [0, 0.05) is 23.5 Å². The molecule has 2 aliphatic rings. The van der Waals surface area contributed by atoms with Crippen LogP contribution in [0.5, 0.6) is 0 Å². The lowest BCUT2D eigenvalue weighted by atomic mass is 9.67. The van der Waals surface area contributed by atoms with Crippen LogP contribution in [-0.4, -0.2) is 44.8 Å². The molecule has 2 aromatic heterocycles. The number of carbonyl (C=O) groups excluding carboxylic acids is 2. The molecule has 0 unspecified atom stereocenters. The zero-order valence-electron chi connectivity index (χ0n) is 26.3. The molecule has 9 nitrogen and oxygen atoms in total. The summed E-state index contributed by atoms with van der Waals surface area (Å²) in [4.78, 5) is 33.5. The number of rotatable bonds is 12. The highest BCUT2D eigenvalue weighted by atomic mass is 16.4. The van der Waals surface area contributed by atoms with E-state index in [0.717, 1.165) is 28.2 Å². The van der Waals surface area contributed by atoms with Gasteiger partial charge in [0.25, 0.3) is 0 Å². The maximum Gasteiger partial charge on any atom is 0.238 e. The van der Waals surface area contributed by atoms with E-state index in [1.165, 1.54) is 4.90 Å². The second-order valence-corrected chi connectivity index (χ2v) is 12.0. The fourth-order valence-electron chi connectivity index (χ4n) is 6.94. The summed E-state index contributed by atoms with van der Waals surface area (Å²) in [6, 6.07) is 26.0. The average Bonchev–Trinajstić information content (AvgIpc) is 3.67. The number of nitrogens with one attached hydrogen (secondary N) is 1. The summed E-state index contributed by atoms with van der Waals surface area (Å²) in [5.41, 5.74) is 5.36. The maximum absolute atomic E-state index is 14.0. The Morgan fingerprint density at radius 1 is 0.979 bits per heavy atom. The number of anilines is 3. The molecule has 4 N–H and O–H groups in total. The molecule has 3 heterocycles. The molecule has 0 radical (unpaired) electrons. The molecule has 242 valence electrons. The van der Waals surface area contributed by atoms with E-state index in [9.17, 15) is 24.9 Å². The molecule has 6 rings (SSSR count). The summed E-state index contributed by atoms with van der Waals surface area (Å²) >= 11 is 0. The number of para-hydroxylation sites is 1. The van der Waals surface area contributed by atoms with Crippen LogP contribution < -0.4 is 10.2 Å². The van der Waals surface area contributed by atoms with Gasteiger partial charge in [0.1, 0.15) is 18.1 Å². The first-order chi connectivity index (χ1) is 22.9. The molecule has 2 amide bonds. The minimum Gasteiger partial charge on any atom is -0.459 e. The fraction of sp³-hybridized carbons (Fsp3) is 0.289. The number of amides is 2. The fourth-order valence-corrected chi connectivity index (χ4v) is 6.94. The lowest BCUT2D eigenvalue weighted by Crippen LogP contribution is -2.39. The zero-order valence-corrected chi connectivity index (χ0v) is 26.3. The van der Waals surface area contributed by atoms with Gasteiger partial charge in [-0.25, -0.2) is 0 Å². The third-order valence-electron chi connectivity index (χ3n) is 9.19. The van der Waals surface area contributed by atoms with Crippen LogP contribution >= 0.6 is 0 Å². The molecule has 2 aromatic carbocycles. The van der Waals surface area contributed by atoms with Crippen molar-refractivity contribution in [2.24, 2.45) is 17.8 Å². The highest BCUT2D eigenvalue weighted by molar-refractivity contribution is 6.22. The topological polar surface area (TPSA) is 136 Å². The monoisotopic (exact) mass is 633 g/mol. The first-order valence-electron chi connectivity index (χ1n) is 16.0. The molecule has 4 aromatic rings. The number of fused-ring (bicyclic) bond motifs is 1. The predicted molar refractivity (Wildman–Crippen MR) is 180 cm³/mol. The number of carbonyl (C=O) groups is 2. The molecular formula is C38H39N3O6. The van der Waals surface area contributed by atoms with E-state index < -0.39 is 23.9 Å². The Bertz CT molecular complexity index is 1760. The van der Waals surface area contributed by atoms with Crippen molar-refractivity contribution < 1.29 is 29.3 Å². The number of benzene rings is 2. The van der Waals surface area contributed by atoms with E-state index >= 15 is 0 Å². The SMILES string of the molecule is CCC1=C([C@H](O)CC/C(=C/c2ccc(CO)o2)c2ccccn2)[C@H](CO)[C@@H]2C(=O)N(c3ccc(Nc4ccccc4)cc3)C(=O)[C@@H]2C1. The van der Waals surface area contributed by atoms with Crippen LogP contribution in [0.4, 0.5) is 17.1 Å². The Morgan fingerprint density at radius 3 is 2.38 bits per heavy atom. The van der Waals surface area contributed by atoms with Crippen molar-refractivity contribution in [3.05, 3.63) is 119 Å². The van der Waals surface area contributed by atoms with Gasteiger partial charge in [0.2, 0.25) is 11.8 Å². The second kappa shape index (κ2) is 14.3. The standard InChI is InChI=1S/C38H39N3O6/c1-2-24-21-31-36(38(46)41(37(31)45)28-14-12-27(13-15-28)40-26-8-4-3-5-9-26)32(23-43)35(24)34(44)18-11-25(33-10-6-7-19-39-33)20-29-16-17-30(22-42)47-29/h3-10,12-17,19-20,31-32,34,36,40,42-44H,2,11,18,21-23H2,1H3/b25-20-/t31-,32+,34-,36-/m1/s1. The van der Waals surface area contributed by atoms with Crippen LogP contribution in [0, 0.1) is 17.8 Å². The van der Waals surface area contributed by atoms with Gasteiger partial charge in [-0.05, 0) is 104 Å². The number of nitrogens with zero attached hydrogens (tertiary/aromatic N) is 2. The molecule has 9 heteroatoms. The highest BCUT2D eigenvalue weighted by Crippen LogP contribution is 2.48. The summed E-state index contributed by atoms with van der Waals surface area (Å²) in [5.74, 6) is -1.67. The Labute approximate surface area is 273 Å². The third kappa shape index (κ3) is 6.69. The van der Waals surface area contributed by atoms with Gasteiger partial charge in [-0.3, -0.25) is 19.5 Å². The Hall–Kier alpha value is -4.83. The van der Waals surface area contributed by atoms with E-state index in [-0.39, 0.29) is 25.0 Å². The van der Waals surface area contributed by atoms with Crippen molar-refractivity contribution >= 4 is 40.5 Å². The first kappa shape index (κ1) is 32.1.